The van der Waals surface area contributed by atoms with Crippen molar-refractivity contribution in [1.29, 1.82) is 0 Å². The Kier molecular flexibility index (Phi) is 4.12. The molecule has 3 rings (SSSR count). The van der Waals surface area contributed by atoms with Crippen molar-refractivity contribution in [3.8, 4) is 0 Å². The second kappa shape index (κ2) is 5.68. The van der Waals surface area contributed by atoms with E-state index in [-0.39, 0.29) is 6.04 Å². The van der Waals surface area contributed by atoms with Crippen LogP contribution in [-0.4, -0.2) is 81.1 Å². The van der Waals surface area contributed by atoms with E-state index in [4.69, 9.17) is 0 Å². The predicted octanol–water partition coefficient (Wildman–Crippen LogP) is -0.457. The first-order chi connectivity index (χ1) is 9.12. The van der Waals surface area contributed by atoms with Gasteiger partial charge >= 0.3 is 0 Å². The van der Waals surface area contributed by atoms with Crippen LogP contribution in [0.25, 0.3) is 0 Å². The summed E-state index contributed by atoms with van der Waals surface area (Å²) in [4.78, 5) is 5.13. The van der Waals surface area contributed by atoms with Crippen LogP contribution >= 0.6 is 0 Å². The molecule has 0 radical (unpaired) electrons. The molecule has 0 saturated carbocycles. The normalized spacial score (nSPS) is 36.2. The Morgan fingerprint density at radius 3 is 2.95 bits per heavy atom. The van der Waals surface area contributed by atoms with Gasteiger partial charge in [-0.1, -0.05) is 0 Å². The van der Waals surface area contributed by atoms with Crippen LogP contribution in [0.5, 0.6) is 0 Å². The summed E-state index contributed by atoms with van der Waals surface area (Å²) in [5.41, 5.74) is 0. The van der Waals surface area contributed by atoms with Crippen molar-refractivity contribution >= 4 is 9.84 Å². The molecule has 0 spiro atoms. The second-order valence-corrected chi connectivity index (χ2v) is 8.42. The minimum Gasteiger partial charge on any atom is -0.312 e. The van der Waals surface area contributed by atoms with Gasteiger partial charge < -0.3 is 10.2 Å². The number of rotatable bonds is 3. The molecule has 0 aromatic carbocycles. The Morgan fingerprint density at radius 2 is 2.11 bits per heavy atom. The number of nitrogens with one attached hydrogen (secondary N) is 1. The van der Waals surface area contributed by atoms with Crippen LogP contribution in [0.3, 0.4) is 0 Å². The average molecular weight is 287 g/mol. The summed E-state index contributed by atoms with van der Waals surface area (Å²) in [5, 5.41) is 3.34. The molecule has 3 saturated heterocycles. The molecule has 3 fully saturated rings. The molecule has 3 aliphatic heterocycles. The van der Waals surface area contributed by atoms with Crippen LogP contribution in [0.1, 0.15) is 19.3 Å². The number of hydrogen-bond donors (Lipinski definition) is 1. The molecule has 3 heterocycles. The minimum atomic E-state index is -2.79. The molecule has 0 aliphatic carbocycles. The highest BCUT2D eigenvalue weighted by atomic mass is 32.2. The Balaban J connectivity index is 1.45. The van der Waals surface area contributed by atoms with Crippen LogP contribution in [0.2, 0.25) is 0 Å². The van der Waals surface area contributed by atoms with E-state index in [1.165, 1.54) is 32.5 Å². The smallest absolute Gasteiger partial charge is 0.153 e. The highest BCUT2D eigenvalue weighted by Crippen LogP contribution is 2.21. The maximum atomic E-state index is 11.6. The highest BCUT2D eigenvalue weighted by molar-refractivity contribution is 7.91. The van der Waals surface area contributed by atoms with Gasteiger partial charge in [0, 0.05) is 38.3 Å². The van der Waals surface area contributed by atoms with Gasteiger partial charge in [0.1, 0.15) is 0 Å². The molecule has 2 atom stereocenters. The maximum Gasteiger partial charge on any atom is 0.153 e. The van der Waals surface area contributed by atoms with Gasteiger partial charge in [0.25, 0.3) is 0 Å². The maximum absolute atomic E-state index is 11.6. The van der Waals surface area contributed by atoms with Crippen LogP contribution < -0.4 is 5.32 Å². The molecule has 1 N–H and O–H groups in total. The van der Waals surface area contributed by atoms with Crippen molar-refractivity contribution in [2.24, 2.45) is 0 Å². The Bertz CT molecular complexity index is 412. The Morgan fingerprint density at radius 1 is 1.21 bits per heavy atom. The summed E-state index contributed by atoms with van der Waals surface area (Å²) in [5.74, 6) is 0.640. The first-order valence-corrected chi connectivity index (χ1v) is 9.35. The third-order valence-corrected chi connectivity index (χ3v) is 6.50. The number of piperazine rings is 1. The molecule has 6 heteroatoms. The summed E-state index contributed by atoms with van der Waals surface area (Å²) in [6, 6.07) is 0.928. The molecule has 3 aliphatic rings. The quantitative estimate of drug-likeness (QED) is 0.761. The van der Waals surface area contributed by atoms with E-state index in [1.54, 1.807) is 0 Å². The van der Waals surface area contributed by atoms with Crippen molar-refractivity contribution in [2.45, 2.75) is 31.3 Å². The third-order valence-electron chi connectivity index (χ3n) is 4.77. The predicted molar refractivity (Wildman–Crippen MR) is 76.1 cm³/mol. The zero-order valence-electron chi connectivity index (χ0n) is 11.6. The van der Waals surface area contributed by atoms with E-state index in [0.29, 0.717) is 18.1 Å². The fraction of sp³-hybridized carbons (Fsp3) is 1.00. The topological polar surface area (TPSA) is 52.7 Å². The van der Waals surface area contributed by atoms with Crippen molar-refractivity contribution in [3.63, 3.8) is 0 Å². The van der Waals surface area contributed by atoms with Gasteiger partial charge in [0.2, 0.25) is 0 Å². The van der Waals surface area contributed by atoms with Crippen molar-refractivity contribution < 1.29 is 8.42 Å². The largest absolute Gasteiger partial charge is 0.312 e. The molecule has 0 aromatic heterocycles. The van der Waals surface area contributed by atoms with E-state index in [2.05, 4.69) is 15.1 Å². The summed E-state index contributed by atoms with van der Waals surface area (Å²) in [6.07, 6.45) is 3.65. The fourth-order valence-electron chi connectivity index (χ4n) is 3.65. The molecule has 0 amide bonds. The zero-order chi connectivity index (χ0) is 13.3. The number of fused-ring (bicyclic) bond motifs is 1. The number of sulfone groups is 1. The Hall–Kier alpha value is -0.170. The number of nitrogens with zero attached hydrogens (tertiary/aromatic N) is 2. The summed E-state index contributed by atoms with van der Waals surface area (Å²) in [6.45, 7) is 6.47. The van der Waals surface area contributed by atoms with Crippen LogP contribution in [0.4, 0.5) is 0 Å². The first-order valence-electron chi connectivity index (χ1n) is 7.53. The van der Waals surface area contributed by atoms with Gasteiger partial charge in [0.05, 0.1) is 11.5 Å². The molecular weight excluding hydrogens is 262 g/mol. The van der Waals surface area contributed by atoms with Gasteiger partial charge in [-0.25, -0.2) is 8.42 Å². The minimum absolute atomic E-state index is 0.167. The number of hydrogen-bond acceptors (Lipinski definition) is 5. The van der Waals surface area contributed by atoms with Crippen molar-refractivity contribution in [3.05, 3.63) is 0 Å². The average Bonchev–Trinajstić information content (AvgIpc) is 2.82. The van der Waals surface area contributed by atoms with Crippen LogP contribution in [-0.2, 0) is 9.84 Å². The summed E-state index contributed by atoms with van der Waals surface area (Å²) >= 11 is 0. The molecule has 0 aromatic rings. The van der Waals surface area contributed by atoms with Crippen LogP contribution in [0, 0.1) is 0 Å². The van der Waals surface area contributed by atoms with Crippen LogP contribution in [0.15, 0.2) is 0 Å². The molecule has 110 valence electrons. The SMILES string of the molecule is O=S1(=O)CCNC(CCN2CCN3CCCC3C2)C1. The van der Waals surface area contributed by atoms with Crippen molar-refractivity contribution in [1.82, 2.24) is 15.1 Å². The lowest BCUT2D eigenvalue weighted by Crippen LogP contribution is -2.52. The highest BCUT2D eigenvalue weighted by Gasteiger charge is 2.31. The summed E-state index contributed by atoms with van der Waals surface area (Å²) in [7, 11) is -2.79. The van der Waals surface area contributed by atoms with Gasteiger partial charge in [-0.05, 0) is 32.4 Å². The van der Waals surface area contributed by atoms with Gasteiger partial charge in [-0.3, -0.25) is 4.90 Å². The van der Waals surface area contributed by atoms with Gasteiger partial charge in [0.15, 0.2) is 9.84 Å². The molecule has 5 nitrogen and oxygen atoms in total. The Labute approximate surface area is 116 Å². The third kappa shape index (κ3) is 3.48. The molecule has 0 bridgehead atoms. The molecule has 2 unspecified atom stereocenters. The molecular formula is C13H25N3O2S. The van der Waals surface area contributed by atoms with Gasteiger partial charge in [-0.15, -0.1) is 0 Å². The van der Waals surface area contributed by atoms with Crippen molar-refractivity contribution in [2.75, 3.05) is 50.8 Å². The standard InChI is InChI=1S/C13H25N3O2S/c17-19(18)9-4-14-12(11-19)3-6-15-7-8-16-5-1-2-13(16)10-15/h12-14H,1-11H2. The van der Waals surface area contributed by atoms with E-state index in [9.17, 15) is 8.42 Å². The molecule has 19 heavy (non-hydrogen) atoms. The lowest BCUT2D eigenvalue weighted by Gasteiger charge is -2.38. The lowest BCUT2D eigenvalue weighted by atomic mass is 10.1. The van der Waals surface area contributed by atoms with Gasteiger partial charge in [-0.2, -0.15) is 0 Å². The van der Waals surface area contributed by atoms with E-state index >= 15 is 0 Å². The summed E-state index contributed by atoms with van der Waals surface area (Å²) < 4.78 is 23.2. The fourth-order valence-corrected chi connectivity index (χ4v) is 5.14. The first kappa shape index (κ1) is 13.8. The monoisotopic (exact) mass is 287 g/mol. The van der Waals surface area contributed by atoms with E-state index in [0.717, 1.165) is 25.6 Å². The van der Waals surface area contributed by atoms with E-state index < -0.39 is 9.84 Å². The zero-order valence-corrected chi connectivity index (χ0v) is 12.4. The second-order valence-electron chi connectivity index (χ2n) is 6.19. The lowest BCUT2D eigenvalue weighted by molar-refractivity contribution is 0.102. The van der Waals surface area contributed by atoms with E-state index in [1.807, 2.05) is 0 Å².